The first kappa shape index (κ1) is 26.6. The van der Waals surface area contributed by atoms with E-state index in [-0.39, 0.29) is 5.82 Å². The SMILES string of the molecule is C=CCc1ccc(-c2ccc(-c3ccc(C=CCCCC(C)OCCCCC)cc3F)cc2)cn1. The number of nitrogens with zero attached hydrogens (tertiary/aromatic N) is 1. The molecule has 0 aliphatic carbocycles. The molecule has 0 radical (unpaired) electrons. The summed E-state index contributed by atoms with van der Waals surface area (Å²) >= 11 is 0. The minimum Gasteiger partial charge on any atom is -0.379 e. The molecule has 1 heterocycles. The highest BCUT2D eigenvalue weighted by Gasteiger charge is 2.07. The number of allylic oxidation sites excluding steroid dienone is 2. The molecule has 0 aliphatic rings. The van der Waals surface area contributed by atoms with E-state index in [0.29, 0.717) is 11.7 Å². The van der Waals surface area contributed by atoms with Gasteiger partial charge in [-0.15, -0.1) is 6.58 Å². The minimum atomic E-state index is -0.204. The van der Waals surface area contributed by atoms with Gasteiger partial charge in [0, 0.05) is 36.0 Å². The van der Waals surface area contributed by atoms with Crippen molar-refractivity contribution in [2.75, 3.05) is 6.61 Å². The molecular formula is C32H38FNO. The molecule has 3 rings (SSSR count). The van der Waals surface area contributed by atoms with E-state index >= 15 is 0 Å². The molecule has 2 aromatic carbocycles. The van der Waals surface area contributed by atoms with E-state index in [0.717, 1.165) is 66.7 Å². The Morgan fingerprint density at radius 1 is 0.971 bits per heavy atom. The predicted molar refractivity (Wildman–Crippen MR) is 147 cm³/mol. The normalized spacial score (nSPS) is 12.2. The summed E-state index contributed by atoms with van der Waals surface area (Å²) in [5.41, 5.74) is 5.47. The molecule has 2 nitrogen and oxygen atoms in total. The Hall–Kier alpha value is -3.04. The quantitative estimate of drug-likeness (QED) is 0.173. The Bertz CT molecular complexity index is 1070. The van der Waals surface area contributed by atoms with Crippen LogP contribution in [0.4, 0.5) is 4.39 Å². The van der Waals surface area contributed by atoms with Crippen molar-refractivity contribution in [1.29, 1.82) is 0 Å². The molecule has 3 aromatic rings. The van der Waals surface area contributed by atoms with E-state index in [2.05, 4.69) is 37.6 Å². The van der Waals surface area contributed by atoms with Crippen LogP contribution >= 0.6 is 0 Å². The summed E-state index contributed by atoms with van der Waals surface area (Å²) in [6.07, 6.45) is 15.6. The van der Waals surface area contributed by atoms with Crippen molar-refractivity contribution in [1.82, 2.24) is 4.98 Å². The van der Waals surface area contributed by atoms with Crippen LogP contribution in [0.5, 0.6) is 0 Å². The molecule has 0 saturated heterocycles. The van der Waals surface area contributed by atoms with Crippen LogP contribution in [0.2, 0.25) is 0 Å². The maximum absolute atomic E-state index is 14.9. The topological polar surface area (TPSA) is 22.1 Å². The average molecular weight is 472 g/mol. The summed E-state index contributed by atoms with van der Waals surface area (Å²) in [5, 5.41) is 0. The Kier molecular flexibility index (Phi) is 10.9. The molecule has 3 heteroatoms. The highest BCUT2D eigenvalue weighted by atomic mass is 19.1. The van der Waals surface area contributed by atoms with E-state index in [4.69, 9.17) is 4.74 Å². The molecule has 1 atom stereocenters. The summed E-state index contributed by atoms with van der Waals surface area (Å²) in [5.74, 6) is -0.204. The van der Waals surface area contributed by atoms with Gasteiger partial charge in [0.25, 0.3) is 0 Å². The second kappa shape index (κ2) is 14.4. The van der Waals surface area contributed by atoms with E-state index in [9.17, 15) is 4.39 Å². The van der Waals surface area contributed by atoms with Gasteiger partial charge in [-0.3, -0.25) is 4.98 Å². The van der Waals surface area contributed by atoms with Crippen LogP contribution in [-0.4, -0.2) is 17.7 Å². The van der Waals surface area contributed by atoms with Gasteiger partial charge >= 0.3 is 0 Å². The van der Waals surface area contributed by atoms with Gasteiger partial charge in [-0.1, -0.05) is 80.5 Å². The fourth-order valence-corrected chi connectivity index (χ4v) is 4.04. The first-order valence-corrected chi connectivity index (χ1v) is 12.8. The standard InChI is InChI=1S/C32H38FNO/c1-4-6-10-22-35-25(3)12-8-7-9-13-26-14-21-31(32(33)23-26)28-17-15-27(16-18-28)29-19-20-30(11-5-2)34-24-29/h5,9,13-21,23-25H,2,4,6-8,10-12,22H2,1,3H3. The molecule has 0 amide bonds. The largest absolute Gasteiger partial charge is 0.379 e. The van der Waals surface area contributed by atoms with E-state index < -0.39 is 0 Å². The van der Waals surface area contributed by atoms with Crippen LogP contribution < -0.4 is 0 Å². The van der Waals surface area contributed by atoms with Crippen LogP contribution in [0.25, 0.3) is 28.3 Å². The van der Waals surface area contributed by atoms with Gasteiger partial charge in [-0.05, 0) is 61.4 Å². The summed E-state index contributed by atoms with van der Waals surface area (Å²) in [4.78, 5) is 4.47. The highest BCUT2D eigenvalue weighted by molar-refractivity contribution is 5.71. The zero-order chi connectivity index (χ0) is 24.9. The lowest BCUT2D eigenvalue weighted by atomic mass is 9.99. The van der Waals surface area contributed by atoms with Crippen molar-refractivity contribution >= 4 is 6.08 Å². The van der Waals surface area contributed by atoms with Crippen molar-refractivity contribution in [3.05, 3.63) is 96.6 Å². The van der Waals surface area contributed by atoms with Crippen LogP contribution in [-0.2, 0) is 11.2 Å². The Balaban J connectivity index is 1.51. The third-order valence-electron chi connectivity index (χ3n) is 6.14. The number of benzene rings is 2. The Morgan fingerprint density at radius 2 is 1.74 bits per heavy atom. The van der Waals surface area contributed by atoms with E-state index in [1.54, 1.807) is 6.07 Å². The lowest BCUT2D eigenvalue weighted by Crippen LogP contribution is -2.08. The Labute approximate surface area is 210 Å². The molecule has 0 fully saturated rings. The van der Waals surface area contributed by atoms with Gasteiger partial charge in [0.15, 0.2) is 0 Å². The van der Waals surface area contributed by atoms with Crippen LogP contribution in [0.3, 0.4) is 0 Å². The van der Waals surface area contributed by atoms with Crippen molar-refractivity contribution in [3.63, 3.8) is 0 Å². The molecule has 0 bridgehead atoms. The lowest BCUT2D eigenvalue weighted by molar-refractivity contribution is 0.0566. The fraction of sp³-hybridized carbons (Fsp3) is 0.344. The van der Waals surface area contributed by atoms with E-state index in [1.807, 2.05) is 60.8 Å². The molecule has 184 valence electrons. The number of rotatable bonds is 14. The number of unbranched alkanes of at least 4 members (excludes halogenated alkanes) is 3. The number of halogens is 1. The van der Waals surface area contributed by atoms with E-state index in [1.165, 1.54) is 12.8 Å². The van der Waals surface area contributed by atoms with Crippen molar-refractivity contribution in [2.45, 2.75) is 64.9 Å². The first-order chi connectivity index (χ1) is 17.1. The van der Waals surface area contributed by atoms with Crippen LogP contribution in [0, 0.1) is 5.82 Å². The summed E-state index contributed by atoms with van der Waals surface area (Å²) in [6, 6.07) is 17.5. The van der Waals surface area contributed by atoms with Crippen molar-refractivity contribution in [2.24, 2.45) is 0 Å². The summed E-state index contributed by atoms with van der Waals surface area (Å²) in [7, 11) is 0. The summed E-state index contributed by atoms with van der Waals surface area (Å²) in [6.45, 7) is 8.96. The number of aromatic nitrogens is 1. The second-order valence-corrected chi connectivity index (χ2v) is 9.07. The first-order valence-electron chi connectivity index (χ1n) is 12.8. The predicted octanol–water partition coefficient (Wildman–Crippen LogP) is 9.06. The number of ether oxygens (including phenoxy) is 1. The molecule has 35 heavy (non-hydrogen) atoms. The summed E-state index contributed by atoms with van der Waals surface area (Å²) < 4.78 is 20.7. The van der Waals surface area contributed by atoms with Gasteiger partial charge in [0.1, 0.15) is 5.82 Å². The third-order valence-corrected chi connectivity index (χ3v) is 6.14. The molecule has 0 N–H and O–H groups in total. The lowest BCUT2D eigenvalue weighted by Gasteiger charge is -2.12. The Morgan fingerprint density at radius 3 is 2.43 bits per heavy atom. The number of pyridine rings is 1. The molecule has 0 spiro atoms. The molecule has 0 saturated carbocycles. The number of hydrogen-bond acceptors (Lipinski definition) is 2. The second-order valence-electron chi connectivity index (χ2n) is 9.07. The van der Waals surface area contributed by atoms with Crippen LogP contribution in [0.1, 0.15) is 63.6 Å². The monoisotopic (exact) mass is 471 g/mol. The maximum Gasteiger partial charge on any atom is 0.131 e. The number of hydrogen-bond donors (Lipinski definition) is 0. The van der Waals surface area contributed by atoms with Gasteiger partial charge in [0.2, 0.25) is 0 Å². The molecule has 1 unspecified atom stereocenters. The van der Waals surface area contributed by atoms with Gasteiger partial charge in [-0.2, -0.15) is 0 Å². The minimum absolute atomic E-state index is 0.204. The van der Waals surface area contributed by atoms with Gasteiger partial charge in [-0.25, -0.2) is 4.39 Å². The van der Waals surface area contributed by atoms with Gasteiger partial charge in [0.05, 0.1) is 6.10 Å². The molecule has 1 aromatic heterocycles. The highest BCUT2D eigenvalue weighted by Crippen LogP contribution is 2.27. The average Bonchev–Trinajstić information content (AvgIpc) is 2.87. The fourth-order valence-electron chi connectivity index (χ4n) is 4.04. The van der Waals surface area contributed by atoms with Crippen LogP contribution in [0.15, 0.2) is 79.5 Å². The zero-order valence-electron chi connectivity index (χ0n) is 21.2. The van der Waals surface area contributed by atoms with Crippen molar-refractivity contribution in [3.8, 4) is 22.3 Å². The maximum atomic E-state index is 14.9. The molecular weight excluding hydrogens is 433 g/mol. The molecule has 0 aliphatic heterocycles. The third kappa shape index (κ3) is 8.60. The van der Waals surface area contributed by atoms with Crippen molar-refractivity contribution < 1.29 is 9.13 Å². The smallest absolute Gasteiger partial charge is 0.131 e. The zero-order valence-corrected chi connectivity index (χ0v) is 21.2. The van der Waals surface area contributed by atoms with Gasteiger partial charge < -0.3 is 4.74 Å².